The Bertz CT molecular complexity index is 509. The van der Waals surface area contributed by atoms with Crippen LogP contribution in [-0.2, 0) is 21.4 Å². The molecule has 1 aromatic rings. The molecule has 2 rings (SSSR count). The third kappa shape index (κ3) is 2.88. The van der Waals surface area contributed by atoms with E-state index in [1.807, 2.05) is 6.07 Å². The maximum Gasteiger partial charge on any atom is 0.416 e. The number of alkyl halides is 3. The monoisotopic (exact) mass is 271 g/mol. The zero-order chi connectivity index (χ0) is 14.1. The van der Waals surface area contributed by atoms with Crippen LogP contribution in [0.4, 0.5) is 13.2 Å². The number of halogens is 3. The number of benzene rings is 1. The van der Waals surface area contributed by atoms with Crippen LogP contribution in [0.25, 0.3) is 0 Å². The molecule has 0 N–H and O–H groups in total. The first kappa shape index (κ1) is 13.8. The fraction of sp³-hybridized carbons (Fsp3) is 0.462. The van der Waals surface area contributed by atoms with Crippen molar-refractivity contribution in [2.45, 2.75) is 31.4 Å². The van der Waals surface area contributed by atoms with E-state index in [-0.39, 0.29) is 13.0 Å². The fourth-order valence-corrected chi connectivity index (χ4v) is 1.97. The van der Waals surface area contributed by atoms with Gasteiger partial charge in [-0.3, -0.25) is 0 Å². The van der Waals surface area contributed by atoms with Crippen LogP contribution in [-0.4, -0.2) is 12.7 Å². The van der Waals surface area contributed by atoms with Crippen LogP contribution in [0.2, 0.25) is 0 Å². The molecule has 0 aromatic heterocycles. The molecule has 1 saturated heterocycles. The molecule has 1 aliphatic rings. The third-order valence-corrected chi connectivity index (χ3v) is 2.97. The van der Waals surface area contributed by atoms with Gasteiger partial charge in [-0.05, 0) is 19.1 Å². The molecule has 2 unspecified atom stereocenters. The number of hydrogen-bond donors (Lipinski definition) is 0. The highest BCUT2D eigenvalue weighted by Crippen LogP contribution is 2.37. The van der Waals surface area contributed by atoms with Gasteiger partial charge in [0.2, 0.25) is 0 Å². The van der Waals surface area contributed by atoms with E-state index >= 15 is 0 Å². The Balaban J connectivity index is 2.25. The highest BCUT2D eigenvalue weighted by Gasteiger charge is 2.40. The zero-order valence-electron chi connectivity index (χ0n) is 10.2. The van der Waals surface area contributed by atoms with Crippen molar-refractivity contribution >= 4 is 0 Å². The maximum absolute atomic E-state index is 12.7. The van der Waals surface area contributed by atoms with Crippen molar-refractivity contribution in [2.24, 2.45) is 0 Å². The lowest BCUT2D eigenvalue weighted by atomic mass is 10.0. The van der Waals surface area contributed by atoms with E-state index in [0.717, 1.165) is 12.1 Å². The molecule has 0 saturated carbocycles. The molecule has 6 heteroatoms. The molecule has 1 fully saturated rings. The fourth-order valence-electron chi connectivity index (χ4n) is 1.97. The van der Waals surface area contributed by atoms with Crippen LogP contribution in [0.15, 0.2) is 24.3 Å². The van der Waals surface area contributed by atoms with Gasteiger partial charge in [0.1, 0.15) is 0 Å². The largest absolute Gasteiger partial charge is 0.416 e. The second-order valence-electron chi connectivity index (χ2n) is 4.44. The standard InChI is InChI=1S/C13H12F3NO2/c1-12(18-8-11(19-12)5-6-17)9-3-2-4-10(7-9)13(14,15)16/h2-4,7,11H,5,8H2,1H3. The predicted molar refractivity (Wildman–Crippen MR) is 59.9 cm³/mol. The molecular weight excluding hydrogens is 259 g/mol. The van der Waals surface area contributed by atoms with Gasteiger partial charge in [0.05, 0.1) is 30.8 Å². The average Bonchev–Trinajstić information content (AvgIpc) is 2.72. The van der Waals surface area contributed by atoms with Crippen LogP contribution in [0.5, 0.6) is 0 Å². The molecule has 3 nitrogen and oxygen atoms in total. The van der Waals surface area contributed by atoms with Crippen molar-refractivity contribution in [3.8, 4) is 6.07 Å². The van der Waals surface area contributed by atoms with Crippen molar-refractivity contribution in [2.75, 3.05) is 6.61 Å². The van der Waals surface area contributed by atoms with Gasteiger partial charge in [-0.2, -0.15) is 18.4 Å². The summed E-state index contributed by atoms with van der Waals surface area (Å²) in [5.41, 5.74) is -0.454. The summed E-state index contributed by atoms with van der Waals surface area (Å²) in [6.07, 6.45) is -4.67. The molecule has 0 bridgehead atoms. The van der Waals surface area contributed by atoms with E-state index < -0.39 is 23.6 Å². The Hall–Kier alpha value is -1.58. The van der Waals surface area contributed by atoms with E-state index in [1.165, 1.54) is 12.1 Å². The van der Waals surface area contributed by atoms with Crippen molar-refractivity contribution in [1.29, 1.82) is 5.26 Å². The summed E-state index contributed by atoms with van der Waals surface area (Å²) in [4.78, 5) is 0. The summed E-state index contributed by atoms with van der Waals surface area (Å²) < 4.78 is 48.9. The summed E-state index contributed by atoms with van der Waals surface area (Å²) in [6, 6.07) is 6.78. The summed E-state index contributed by atoms with van der Waals surface area (Å²) in [6.45, 7) is 1.75. The highest BCUT2D eigenvalue weighted by molar-refractivity contribution is 5.29. The summed E-state index contributed by atoms with van der Waals surface area (Å²) in [7, 11) is 0. The van der Waals surface area contributed by atoms with Gasteiger partial charge < -0.3 is 9.47 Å². The smallest absolute Gasteiger partial charge is 0.343 e. The number of nitrogens with zero attached hydrogens (tertiary/aromatic N) is 1. The summed E-state index contributed by atoms with van der Waals surface area (Å²) >= 11 is 0. The van der Waals surface area contributed by atoms with Crippen molar-refractivity contribution in [3.05, 3.63) is 35.4 Å². The SMILES string of the molecule is CC1(c2cccc(C(F)(F)F)c2)OCC(CC#N)O1. The lowest BCUT2D eigenvalue weighted by Crippen LogP contribution is -2.24. The average molecular weight is 271 g/mol. The second kappa shape index (κ2) is 4.83. The maximum atomic E-state index is 12.7. The van der Waals surface area contributed by atoms with Crippen molar-refractivity contribution in [3.63, 3.8) is 0 Å². The molecule has 19 heavy (non-hydrogen) atoms. The lowest BCUT2D eigenvalue weighted by Gasteiger charge is -2.24. The minimum absolute atomic E-state index is 0.147. The van der Waals surface area contributed by atoms with Crippen LogP contribution >= 0.6 is 0 Å². The Morgan fingerprint density at radius 3 is 2.84 bits per heavy atom. The molecule has 0 spiro atoms. The van der Waals surface area contributed by atoms with E-state index in [4.69, 9.17) is 14.7 Å². The molecule has 1 aromatic carbocycles. The molecular formula is C13H12F3NO2. The van der Waals surface area contributed by atoms with Gasteiger partial charge in [-0.25, -0.2) is 0 Å². The van der Waals surface area contributed by atoms with E-state index in [1.54, 1.807) is 6.92 Å². The van der Waals surface area contributed by atoms with Gasteiger partial charge in [0, 0.05) is 5.56 Å². The molecule has 0 aliphatic carbocycles. The second-order valence-corrected chi connectivity index (χ2v) is 4.44. The number of nitriles is 1. The first-order valence-corrected chi connectivity index (χ1v) is 5.71. The van der Waals surface area contributed by atoms with Gasteiger partial charge in [0.25, 0.3) is 0 Å². The summed E-state index contributed by atoms with van der Waals surface area (Å²) in [5.74, 6) is -1.23. The molecule has 0 amide bonds. The Morgan fingerprint density at radius 2 is 2.21 bits per heavy atom. The van der Waals surface area contributed by atoms with Gasteiger partial charge in [0.15, 0.2) is 5.79 Å². The third-order valence-electron chi connectivity index (χ3n) is 2.97. The minimum Gasteiger partial charge on any atom is -0.343 e. The first-order chi connectivity index (χ1) is 8.85. The number of ether oxygens (including phenoxy) is 2. The Kier molecular flexibility index (Phi) is 3.52. The predicted octanol–water partition coefficient (Wildman–Crippen LogP) is 3.21. The lowest BCUT2D eigenvalue weighted by molar-refractivity contribution is -0.162. The topological polar surface area (TPSA) is 42.2 Å². The minimum atomic E-state index is -4.41. The van der Waals surface area contributed by atoms with E-state index in [9.17, 15) is 13.2 Å². The van der Waals surface area contributed by atoms with Crippen LogP contribution < -0.4 is 0 Å². The van der Waals surface area contributed by atoms with Gasteiger partial charge >= 0.3 is 6.18 Å². The van der Waals surface area contributed by atoms with Crippen LogP contribution in [0.1, 0.15) is 24.5 Å². The molecule has 1 aliphatic heterocycles. The molecule has 2 atom stereocenters. The molecule has 102 valence electrons. The normalized spacial score (nSPS) is 27.2. The molecule has 1 heterocycles. The number of hydrogen-bond acceptors (Lipinski definition) is 3. The summed E-state index contributed by atoms with van der Waals surface area (Å²) in [5, 5.41) is 8.58. The molecule has 0 radical (unpaired) electrons. The number of rotatable bonds is 2. The van der Waals surface area contributed by atoms with Crippen molar-refractivity contribution in [1.82, 2.24) is 0 Å². The quantitative estimate of drug-likeness (QED) is 0.829. The highest BCUT2D eigenvalue weighted by atomic mass is 19.4. The Labute approximate surface area is 108 Å². The van der Waals surface area contributed by atoms with Crippen LogP contribution in [0.3, 0.4) is 0 Å². The van der Waals surface area contributed by atoms with E-state index in [0.29, 0.717) is 5.56 Å². The zero-order valence-corrected chi connectivity index (χ0v) is 10.2. The van der Waals surface area contributed by atoms with Crippen molar-refractivity contribution < 1.29 is 22.6 Å². The Morgan fingerprint density at radius 1 is 1.47 bits per heavy atom. The van der Waals surface area contributed by atoms with E-state index in [2.05, 4.69) is 0 Å². The van der Waals surface area contributed by atoms with Crippen LogP contribution in [0, 0.1) is 11.3 Å². The van der Waals surface area contributed by atoms with Gasteiger partial charge in [-0.1, -0.05) is 12.1 Å². The first-order valence-electron chi connectivity index (χ1n) is 5.71. The van der Waals surface area contributed by atoms with Gasteiger partial charge in [-0.15, -0.1) is 0 Å².